The van der Waals surface area contributed by atoms with Crippen LogP contribution in [0.5, 0.6) is 0 Å². The number of carbonyl (C=O) groups is 2. The Bertz CT molecular complexity index is 940. The van der Waals surface area contributed by atoms with E-state index in [9.17, 15) is 9.59 Å². The van der Waals surface area contributed by atoms with E-state index >= 15 is 0 Å². The Hall–Kier alpha value is -2.78. The van der Waals surface area contributed by atoms with Crippen LogP contribution in [-0.4, -0.2) is 32.0 Å². The molecule has 0 aliphatic carbocycles. The maximum absolute atomic E-state index is 12.0. The zero-order chi connectivity index (χ0) is 19.4. The molecule has 10 heteroatoms. The summed E-state index contributed by atoms with van der Waals surface area (Å²) in [5.74, 6) is 0.808. The summed E-state index contributed by atoms with van der Waals surface area (Å²) < 4.78 is 7.26. The van der Waals surface area contributed by atoms with Gasteiger partial charge in [0.25, 0.3) is 0 Å². The van der Waals surface area contributed by atoms with E-state index in [1.165, 1.54) is 0 Å². The van der Waals surface area contributed by atoms with Gasteiger partial charge < -0.3 is 10.2 Å². The van der Waals surface area contributed by atoms with Gasteiger partial charge in [-0.3, -0.25) is 14.7 Å². The second-order valence-corrected chi connectivity index (χ2v) is 7.34. The number of benzene rings is 1. The second kappa shape index (κ2) is 8.28. The molecule has 0 saturated carbocycles. The summed E-state index contributed by atoms with van der Waals surface area (Å²) >= 11 is 7.12. The molecule has 0 aliphatic heterocycles. The Morgan fingerprint density at radius 1 is 1.30 bits per heavy atom. The zero-order valence-corrected chi connectivity index (χ0v) is 15.8. The highest BCUT2D eigenvalue weighted by Crippen LogP contribution is 2.28. The van der Waals surface area contributed by atoms with Crippen LogP contribution in [0.1, 0.15) is 12.7 Å². The summed E-state index contributed by atoms with van der Waals surface area (Å²) in [6.45, 7) is 2.03. The van der Waals surface area contributed by atoms with Crippen LogP contribution in [-0.2, 0) is 11.3 Å². The summed E-state index contributed by atoms with van der Waals surface area (Å²) in [7, 11) is 0. The van der Waals surface area contributed by atoms with Crippen molar-refractivity contribution in [3.8, 4) is 11.4 Å². The van der Waals surface area contributed by atoms with E-state index in [1.807, 2.05) is 22.8 Å². The predicted molar refractivity (Wildman–Crippen MR) is 101 cm³/mol. The van der Waals surface area contributed by atoms with E-state index in [2.05, 4.69) is 15.5 Å². The first-order valence-electron chi connectivity index (χ1n) is 7.92. The van der Waals surface area contributed by atoms with Crippen molar-refractivity contribution in [2.24, 2.45) is 5.73 Å². The lowest BCUT2D eigenvalue weighted by molar-refractivity contribution is -0.119. The molecular weight excluding hydrogens is 390 g/mol. The number of aromatic nitrogens is 3. The molecule has 3 aromatic rings. The molecule has 27 heavy (non-hydrogen) atoms. The number of furan rings is 1. The van der Waals surface area contributed by atoms with Gasteiger partial charge in [0.1, 0.15) is 5.76 Å². The minimum absolute atomic E-state index is 0.379. The average molecular weight is 406 g/mol. The van der Waals surface area contributed by atoms with Gasteiger partial charge in [-0.1, -0.05) is 23.4 Å². The highest BCUT2D eigenvalue weighted by molar-refractivity contribution is 8.00. The molecule has 0 fully saturated rings. The molecule has 1 aromatic carbocycles. The normalized spacial score (nSPS) is 11.9. The number of nitrogens with two attached hydrogens (primary N) is 1. The van der Waals surface area contributed by atoms with Gasteiger partial charge in [0.05, 0.1) is 18.1 Å². The van der Waals surface area contributed by atoms with Crippen molar-refractivity contribution in [1.29, 1.82) is 0 Å². The molecule has 3 amide bonds. The van der Waals surface area contributed by atoms with Gasteiger partial charge in [-0.2, -0.15) is 0 Å². The fourth-order valence-electron chi connectivity index (χ4n) is 2.32. The van der Waals surface area contributed by atoms with Crippen LogP contribution >= 0.6 is 23.4 Å². The molecule has 0 aliphatic rings. The van der Waals surface area contributed by atoms with Gasteiger partial charge in [-0.15, -0.1) is 10.2 Å². The molecule has 2 aromatic heterocycles. The largest absolute Gasteiger partial charge is 0.467 e. The van der Waals surface area contributed by atoms with Gasteiger partial charge >= 0.3 is 6.03 Å². The average Bonchev–Trinajstić information content (AvgIpc) is 3.26. The van der Waals surface area contributed by atoms with Crippen molar-refractivity contribution in [1.82, 2.24) is 20.1 Å². The lowest BCUT2D eigenvalue weighted by Gasteiger charge is -2.12. The Labute approximate surface area is 164 Å². The Balaban J connectivity index is 1.92. The first-order chi connectivity index (χ1) is 12.9. The van der Waals surface area contributed by atoms with Crippen molar-refractivity contribution >= 4 is 35.3 Å². The number of rotatable bonds is 6. The van der Waals surface area contributed by atoms with Gasteiger partial charge in [0.2, 0.25) is 5.91 Å². The Morgan fingerprint density at radius 2 is 2.04 bits per heavy atom. The molecule has 0 radical (unpaired) electrons. The fraction of sp³-hybridized carbons (Fsp3) is 0.176. The van der Waals surface area contributed by atoms with E-state index in [1.54, 1.807) is 31.4 Å². The summed E-state index contributed by atoms with van der Waals surface area (Å²) in [5.41, 5.74) is 5.82. The number of imide groups is 1. The first-order valence-corrected chi connectivity index (χ1v) is 9.18. The summed E-state index contributed by atoms with van der Waals surface area (Å²) in [5, 5.41) is 11.0. The smallest absolute Gasteiger partial charge is 0.318 e. The SMILES string of the molecule is C[C@@H](Sc1nnc(-c2ccc(Cl)cc2)n1Cc1ccco1)C(=O)NC(N)=O. The number of amides is 3. The molecule has 8 nitrogen and oxygen atoms in total. The number of urea groups is 1. The lowest BCUT2D eigenvalue weighted by Crippen LogP contribution is -2.39. The topological polar surface area (TPSA) is 116 Å². The minimum Gasteiger partial charge on any atom is -0.467 e. The number of nitrogens with zero attached hydrogens (tertiary/aromatic N) is 3. The number of hydrogen-bond donors (Lipinski definition) is 2. The van der Waals surface area contributed by atoms with E-state index in [4.69, 9.17) is 21.8 Å². The third-order valence-electron chi connectivity index (χ3n) is 3.61. The van der Waals surface area contributed by atoms with Crippen LogP contribution in [0, 0.1) is 0 Å². The summed E-state index contributed by atoms with van der Waals surface area (Å²) in [6, 6.07) is 9.93. The van der Waals surface area contributed by atoms with Crippen molar-refractivity contribution in [3.05, 3.63) is 53.4 Å². The van der Waals surface area contributed by atoms with Gasteiger partial charge in [0, 0.05) is 10.6 Å². The van der Waals surface area contributed by atoms with Crippen molar-refractivity contribution in [2.45, 2.75) is 23.9 Å². The molecule has 2 heterocycles. The number of primary amides is 1. The Kier molecular flexibility index (Phi) is 5.82. The van der Waals surface area contributed by atoms with Crippen molar-refractivity contribution in [2.75, 3.05) is 0 Å². The van der Waals surface area contributed by atoms with Crippen molar-refractivity contribution in [3.63, 3.8) is 0 Å². The van der Waals surface area contributed by atoms with Crippen molar-refractivity contribution < 1.29 is 14.0 Å². The molecule has 0 spiro atoms. The zero-order valence-electron chi connectivity index (χ0n) is 14.3. The van der Waals surface area contributed by atoms with Gasteiger partial charge in [-0.25, -0.2) is 4.79 Å². The highest BCUT2D eigenvalue weighted by atomic mass is 35.5. The van der Waals surface area contributed by atoms with Crippen LogP contribution in [0.2, 0.25) is 5.02 Å². The van der Waals surface area contributed by atoms with Crippen LogP contribution in [0.3, 0.4) is 0 Å². The first kappa shape index (κ1) is 19.0. The number of thioether (sulfide) groups is 1. The summed E-state index contributed by atoms with van der Waals surface area (Å²) in [6.07, 6.45) is 1.58. The minimum atomic E-state index is -0.897. The van der Waals surface area contributed by atoms with Crippen LogP contribution in [0.25, 0.3) is 11.4 Å². The third-order valence-corrected chi connectivity index (χ3v) is 4.94. The number of nitrogens with one attached hydrogen (secondary N) is 1. The molecular formula is C17H16ClN5O3S. The molecule has 0 saturated heterocycles. The monoisotopic (exact) mass is 405 g/mol. The number of halogens is 1. The number of carbonyl (C=O) groups excluding carboxylic acids is 2. The predicted octanol–water partition coefficient (Wildman–Crippen LogP) is 2.92. The van der Waals surface area contributed by atoms with E-state index < -0.39 is 17.2 Å². The molecule has 0 unspecified atom stereocenters. The molecule has 0 bridgehead atoms. The maximum atomic E-state index is 12.0. The maximum Gasteiger partial charge on any atom is 0.318 e. The Morgan fingerprint density at radius 3 is 2.67 bits per heavy atom. The fourth-order valence-corrected chi connectivity index (χ4v) is 3.30. The summed E-state index contributed by atoms with van der Waals surface area (Å²) in [4.78, 5) is 22.9. The van der Waals surface area contributed by atoms with E-state index in [0.29, 0.717) is 28.3 Å². The quantitative estimate of drug-likeness (QED) is 0.609. The highest BCUT2D eigenvalue weighted by Gasteiger charge is 2.22. The number of hydrogen-bond acceptors (Lipinski definition) is 6. The third kappa shape index (κ3) is 4.69. The van der Waals surface area contributed by atoms with Crippen LogP contribution in [0.4, 0.5) is 4.79 Å². The molecule has 3 rings (SSSR count). The van der Waals surface area contributed by atoms with Crippen LogP contribution in [0.15, 0.2) is 52.2 Å². The molecule has 3 N–H and O–H groups in total. The second-order valence-electron chi connectivity index (χ2n) is 5.59. The van der Waals surface area contributed by atoms with Gasteiger partial charge in [0.15, 0.2) is 11.0 Å². The molecule has 140 valence electrons. The standard InChI is InChI=1S/C17H16ClN5O3S/c1-10(15(24)20-16(19)25)27-17-22-21-14(11-4-6-12(18)7-5-11)23(17)9-13-3-2-8-26-13/h2-8,10H,9H2,1H3,(H3,19,20,24,25)/t10-/m1/s1. The van der Waals surface area contributed by atoms with E-state index in [-0.39, 0.29) is 0 Å². The van der Waals surface area contributed by atoms with Gasteiger partial charge in [-0.05, 0) is 43.3 Å². The van der Waals surface area contributed by atoms with Crippen LogP contribution < -0.4 is 11.1 Å². The molecule has 1 atom stereocenters. The van der Waals surface area contributed by atoms with E-state index in [0.717, 1.165) is 17.3 Å². The lowest BCUT2D eigenvalue weighted by atomic mass is 10.2.